The van der Waals surface area contributed by atoms with E-state index in [9.17, 15) is 9.59 Å². The summed E-state index contributed by atoms with van der Waals surface area (Å²) in [7, 11) is 0. The maximum absolute atomic E-state index is 12.8. The van der Waals surface area contributed by atoms with Crippen LogP contribution in [0.2, 0.25) is 0 Å². The number of fused-ring (bicyclic) bond motifs is 2. The molecule has 2 aliphatic rings. The minimum absolute atomic E-state index is 0.00513. The Kier molecular flexibility index (Phi) is 4.52. The molecule has 2 saturated carbocycles. The minimum Gasteiger partial charge on any atom is -0.444 e. The number of anilines is 1. The average Bonchev–Trinajstić information content (AvgIpc) is 3.07. The third-order valence-electron chi connectivity index (χ3n) is 4.94. The number of nitrogens with one attached hydrogen (secondary N) is 2. The number of rotatable bonds is 3. The van der Waals surface area contributed by atoms with E-state index in [0.29, 0.717) is 11.8 Å². The average molecular weight is 330 g/mol. The molecule has 3 rings (SSSR count). The summed E-state index contributed by atoms with van der Waals surface area (Å²) in [5.74, 6) is 0.527. The summed E-state index contributed by atoms with van der Waals surface area (Å²) in [6, 6.07) is 9.32. The number of hydrogen-bond acceptors (Lipinski definition) is 3. The molecule has 0 aliphatic heterocycles. The summed E-state index contributed by atoms with van der Waals surface area (Å²) in [6.07, 6.45) is 2.70. The molecule has 1 aromatic carbocycles. The monoisotopic (exact) mass is 330 g/mol. The summed E-state index contributed by atoms with van der Waals surface area (Å²) >= 11 is 0. The fraction of sp³-hybridized carbons (Fsp3) is 0.579. The summed E-state index contributed by atoms with van der Waals surface area (Å²) in [6.45, 7) is 5.52. The third kappa shape index (κ3) is 3.71. The molecule has 2 aliphatic carbocycles. The molecular weight excluding hydrogens is 304 g/mol. The van der Waals surface area contributed by atoms with Crippen LogP contribution < -0.4 is 10.6 Å². The van der Waals surface area contributed by atoms with Crippen LogP contribution in [0.3, 0.4) is 0 Å². The summed E-state index contributed by atoms with van der Waals surface area (Å²) in [4.78, 5) is 24.9. The van der Waals surface area contributed by atoms with Gasteiger partial charge in [0.1, 0.15) is 5.60 Å². The zero-order valence-electron chi connectivity index (χ0n) is 14.5. The fourth-order valence-electron chi connectivity index (χ4n) is 4.07. The van der Waals surface area contributed by atoms with Gasteiger partial charge in [-0.05, 0) is 64.0 Å². The van der Waals surface area contributed by atoms with Crippen LogP contribution in [0.25, 0.3) is 0 Å². The number of carbonyl (C=O) groups excluding carboxylic acids is 2. The SMILES string of the molecule is CC(C)(C)OC(=O)N[C@@H]1[C@H]2CC[C@H](C2)[C@@H]1C(=O)Nc1ccccc1. The van der Waals surface area contributed by atoms with E-state index in [1.54, 1.807) is 0 Å². The number of amides is 2. The molecule has 1 aromatic rings. The van der Waals surface area contributed by atoms with E-state index in [2.05, 4.69) is 10.6 Å². The van der Waals surface area contributed by atoms with Crippen LogP contribution in [-0.4, -0.2) is 23.6 Å². The largest absolute Gasteiger partial charge is 0.444 e. The molecule has 0 saturated heterocycles. The molecule has 130 valence electrons. The number of benzene rings is 1. The smallest absolute Gasteiger partial charge is 0.407 e. The summed E-state index contributed by atoms with van der Waals surface area (Å²) < 4.78 is 5.37. The first-order chi connectivity index (χ1) is 11.3. The van der Waals surface area contributed by atoms with Crippen LogP contribution in [0.1, 0.15) is 40.0 Å². The third-order valence-corrected chi connectivity index (χ3v) is 4.94. The van der Waals surface area contributed by atoms with Crippen molar-refractivity contribution in [2.45, 2.75) is 51.7 Å². The molecule has 4 atom stereocenters. The highest BCUT2D eigenvalue weighted by Gasteiger charge is 2.51. The molecule has 0 radical (unpaired) electrons. The van der Waals surface area contributed by atoms with Gasteiger partial charge in [0.2, 0.25) is 5.91 Å². The lowest BCUT2D eigenvalue weighted by Crippen LogP contribution is -2.49. The molecule has 2 N–H and O–H groups in total. The van der Waals surface area contributed by atoms with Crippen molar-refractivity contribution in [3.05, 3.63) is 30.3 Å². The van der Waals surface area contributed by atoms with Gasteiger partial charge in [0.15, 0.2) is 0 Å². The highest BCUT2D eigenvalue weighted by molar-refractivity contribution is 5.94. The Bertz CT molecular complexity index is 609. The van der Waals surface area contributed by atoms with Crippen molar-refractivity contribution in [2.24, 2.45) is 17.8 Å². The van der Waals surface area contributed by atoms with Crippen LogP contribution in [0.4, 0.5) is 10.5 Å². The van der Waals surface area contributed by atoms with Gasteiger partial charge < -0.3 is 15.4 Å². The Hall–Kier alpha value is -2.04. The van der Waals surface area contributed by atoms with Crippen LogP contribution in [0.5, 0.6) is 0 Å². The van der Waals surface area contributed by atoms with Gasteiger partial charge in [0.05, 0.1) is 5.92 Å². The van der Waals surface area contributed by atoms with Gasteiger partial charge in [-0.3, -0.25) is 4.79 Å². The van der Waals surface area contributed by atoms with Crippen molar-refractivity contribution >= 4 is 17.7 Å². The van der Waals surface area contributed by atoms with Crippen molar-refractivity contribution in [3.63, 3.8) is 0 Å². The van der Waals surface area contributed by atoms with Crippen LogP contribution >= 0.6 is 0 Å². The molecule has 0 aromatic heterocycles. The van der Waals surface area contributed by atoms with Crippen LogP contribution in [0, 0.1) is 17.8 Å². The zero-order chi connectivity index (χ0) is 17.3. The van der Waals surface area contributed by atoms with Crippen LogP contribution in [0.15, 0.2) is 30.3 Å². The van der Waals surface area contributed by atoms with Crippen molar-refractivity contribution in [2.75, 3.05) is 5.32 Å². The minimum atomic E-state index is -0.538. The second kappa shape index (κ2) is 6.46. The molecule has 0 spiro atoms. The molecule has 2 fully saturated rings. The van der Waals surface area contributed by atoms with Gasteiger partial charge in [0.25, 0.3) is 0 Å². The van der Waals surface area contributed by atoms with Crippen molar-refractivity contribution in [3.8, 4) is 0 Å². The maximum Gasteiger partial charge on any atom is 0.407 e. The van der Waals surface area contributed by atoms with E-state index in [1.165, 1.54) is 0 Å². The molecule has 2 bridgehead atoms. The molecule has 2 amide bonds. The standard InChI is InChI=1S/C19H26N2O3/c1-19(2,3)24-18(23)21-16-13-10-9-12(11-13)15(16)17(22)20-14-7-5-4-6-8-14/h4-8,12-13,15-16H,9-11H2,1-3H3,(H,20,22)(H,21,23)/t12-,13+,15+,16-/m1/s1. The van der Waals surface area contributed by atoms with E-state index < -0.39 is 11.7 Å². The molecule has 0 heterocycles. The van der Waals surface area contributed by atoms with E-state index in [-0.39, 0.29) is 17.9 Å². The summed E-state index contributed by atoms with van der Waals surface area (Å²) in [5, 5.41) is 5.95. The quantitative estimate of drug-likeness (QED) is 0.890. The van der Waals surface area contributed by atoms with Crippen molar-refractivity contribution in [1.82, 2.24) is 5.32 Å². The fourth-order valence-corrected chi connectivity index (χ4v) is 4.07. The van der Waals surface area contributed by atoms with E-state index in [0.717, 1.165) is 24.9 Å². The zero-order valence-corrected chi connectivity index (χ0v) is 14.5. The Labute approximate surface area is 143 Å². The highest BCUT2D eigenvalue weighted by atomic mass is 16.6. The molecular formula is C19H26N2O3. The normalized spacial score (nSPS) is 28.5. The molecule has 24 heavy (non-hydrogen) atoms. The maximum atomic E-state index is 12.8. The van der Waals surface area contributed by atoms with Crippen LogP contribution in [-0.2, 0) is 9.53 Å². The Morgan fingerprint density at radius 1 is 1.08 bits per heavy atom. The number of para-hydroxylation sites is 1. The van der Waals surface area contributed by atoms with E-state index >= 15 is 0 Å². The molecule has 5 nitrogen and oxygen atoms in total. The van der Waals surface area contributed by atoms with Gasteiger partial charge in [-0.1, -0.05) is 18.2 Å². The Morgan fingerprint density at radius 3 is 2.42 bits per heavy atom. The van der Waals surface area contributed by atoms with E-state index in [1.807, 2.05) is 51.1 Å². The van der Waals surface area contributed by atoms with Gasteiger partial charge in [-0.25, -0.2) is 4.79 Å². The van der Waals surface area contributed by atoms with Gasteiger partial charge in [-0.2, -0.15) is 0 Å². The van der Waals surface area contributed by atoms with Gasteiger partial charge >= 0.3 is 6.09 Å². The first-order valence-corrected chi connectivity index (χ1v) is 8.69. The second-order valence-electron chi connectivity index (χ2n) is 7.89. The van der Waals surface area contributed by atoms with Gasteiger partial charge in [-0.15, -0.1) is 0 Å². The lowest BCUT2D eigenvalue weighted by Gasteiger charge is -2.31. The first-order valence-electron chi connectivity index (χ1n) is 8.69. The van der Waals surface area contributed by atoms with Crippen molar-refractivity contribution < 1.29 is 14.3 Å². The highest BCUT2D eigenvalue weighted by Crippen LogP contribution is 2.49. The number of alkyl carbamates (subject to hydrolysis) is 1. The predicted molar refractivity (Wildman–Crippen MR) is 92.6 cm³/mol. The summed E-state index contributed by atoms with van der Waals surface area (Å²) in [5.41, 5.74) is 0.255. The van der Waals surface area contributed by atoms with Crippen molar-refractivity contribution in [1.29, 1.82) is 0 Å². The molecule has 5 heteroatoms. The lowest BCUT2D eigenvalue weighted by molar-refractivity contribution is -0.122. The topological polar surface area (TPSA) is 67.4 Å². The Morgan fingerprint density at radius 2 is 1.75 bits per heavy atom. The van der Waals surface area contributed by atoms with Gasteiger partial charge in [0, 0.05) is 11.7 Å². The second-order valence-corrected chi connectivity index (χ2v) is 7.89. The van der Waals surface area contributed by atoms with E-state index in [4.69, 9.17) is 4.74 Å². The number of ether oxygens (including phenoxy) is 1. The first kappa shape index (κ1) is 16.8. The predicted octanol–water partition coefficient (Wildman–Crippen LogP) is 3.56. The Balaban J connectivity index is 1.68. The number of carbonyl (C=O) groups is 2. The number of hydrogen-bond donors (Lipinski definition) is 2. The molecule has 0 unspecified atom stereocenters. The lowest BCUT2D eigenvalue weighted by atomic mass is 9.83.